The van der Waals surface area contributed by atoms with Crippen LogP contribution in [0.25, 0.3) is 6.08 Å². The zero-order valence-corrected chi connectivity index (χ0v) is 14.9. The second-order valence-electron chi connectivity index (χ2n) is 5.82. The summed E-state index contributed by atoms with van der Waals surface area (Å²) in [6.07, 6.45) is 1.82. The molecule has 0 spiro atoms. The molecule has 2 aromatic rings. The zero-order chi connectivity index (χ0) is 17.5. The predicted octanol–water partition coefficient (Wildman–Crippen LogP) is 3.53. The Labute approximate surface area is 146 Å². The maximum atomic E-state index is 12.5. The quantitative estimate of drug-likeness (QED) is 0.789. The fourth-order valence-electron chi connectivity index (χ4n) is 2.21. The van der Waals surface area contributed by atoms with Crippen LogP contribution < -0.4 is 10.6 Å². The van der Waals surface area contributed by atoms with E-state index in [-0.39, 0.29) is 17.9 Å². The molecular formula is C19H22N2O2S. The molecule has 5 heteroatoms. The maximum absolute atomic E-state index is 12.5. The fraction of sp³-hybridized carbons (Fsp3) is 0.263. The molecule has 1 heterocycles. The highest BCUT2D eigenvalue weighted by Crippen LogP contribution is 2.16. The number of benzene rings is 1. The van der Waals surface area contributed by atoms with Gasteiger partial charge in [0.1, 0.15) is 6.04 Å². The third-order valence-corrected chi connectivity index (χ3v) is 4.18. The van der Waals surface area contributed by atoms with Gasteiger partial charge >= 0.3 is 0 Å². The first-order valence-corrected chi connectivity index (χ1v) is 8.73. The van der Waals surface area contributed by atoms with Gasteiger partial charge in [0.25, 0.3) is 0 Å². The van der Waals surface area contributed by atoms with Gasteiger partial charge in [-0.25, -0.2) is 0 Å². The van der Waals surface area contributed by atoms with Crippen molar-refractivity contribution in [1.29, 1.82) is 0 Å². The molecule has 0 saturated carbocycles. The van der Waals surface area contributed by atoms with E-state index in [4.69, 9.17) is 0 Å². The fourth-order valence-corrected chi connectivity index (χ4v) is 2.93. The van der Waals surface area contributed by atoms with E-state index in [1.54, 1.807) is 18.3 Å². The van der Waals surface area contributed by atoms with Crippen LogP contribution in [0.4, 0.5) is 0 Å². The van der Waals surface area contributed by atoms with Gasteiger partial charge in [0, 0.05) is 16.5 Å². The Kier molecular flexibility index (Phi) is 6.32. The predicted molar refractivity (Wildman–Crippen MR) is 98.6 cm³/mol. The topological polar surface area (TPSA) is 58.2 Å². The van der Waals surface area contributed by atoms with Crippen molar-refractivity contribution in [3.63, 3.8) is 0 Å². The molecule has 0 unspecified atom stereocenters. The van der Waals surface area contributed by atoms with Crippen molar-refractivity contribution in [2.24, 2.45) is 0 Å². The van der Waals surface area contributed by atoms with E-state index in [9.17, 15) is 9.59 Å². The molecule has 126 valence electrons. The highest BCUT2D eigenvalue weighted by molar-refractivity contribution is 7.10. The summed E-state index contributed by atoms with van der Waals surface area (Å²) in [5.41, 5.74) is 1.32. The zero-order valence-electron chi connectivity index (χ0n) is 14.1. The monoisotopic (exact) mass is 342 g/mol. The van der Waals surface area contributed by atoms with Gasteiger partial charge in [0.05, 0.1) is 0 Å². The Hall–Kier alpha value is -2.40. The minimum atomic E-state index is -0.715. The first-order chi connectivity index (χ1) is 11.5. The van der Waals surface area contributed by atoms with Gasteiger partial charge in [0.15, 0.2) is 0 Å². The Morgan fingerprint density at radius 1 is 1.04 bits per heavy atom. The number of carbonyl (C=O) groups excluding carboxylic acids is 2. The summed E-state index contributed by atoms with van der Waals surface area (Å²) in [5, 5.41) is 7.65. The van der Waals surface area contributed by atoms with Crippen molar-refractivity contribution in [2.75, 3.05) is 0 Å². The van der Waals surface area contributed by atoms with Crippen LogP contribution >= 0.6 is 11.3 Å². The van der Waals surface area contributed by atoms with E-state index in [2.05, 4.69) is 10.6 Å². The van der Waals surface area contributed by atoms with Gasteiger partial charge in [-0.2, -0.15) is 0 Å². The smallest absolute Gasteiger partial charge is 0.247 e. The lowest BCUT2D eigenvalue weighted by Gasteiger charge is -2.20. The highest BCUT2D eigenvalue weighted by Gasteiger charge is 2.23. The van der Waals surface area contributed by atoms with Gasteiger partial charge in [-0.05, 0) is 43.9 Å². The number of hydrogen-bond donors (Lipinski definition) is 2. The van der Waals surface area contributed by atoms with Crippen molar-refractivity contribution in [2.45, 2.75) is 32.9 Å². The first-order valence-electron chi connectivity index (χ1n) is 7.85. The molecule has 0 radical (unpaired) electrons. The van der Waals surface area contributed by atoms with Gasteiger partial charge < -0.3 is 10.6 Å². The lowest BCUT2D eigenvalue weighted by Crippen LogP contribution is -2.43. The molecule has 0 aliphatic heterocycles. The largest absolute Gasteiger partial charge is 0.352 e. The molecule has 2 amide bonds. The van der Waals surface area contributed by atoms with Gasteiger partial charge in [-0.1, -0.05) is 36.4 Å². The third-order valence-electron chi connectivity index (χ3n) is 3.36. The van der Waals surface area contributed by atoms with Crippen LogP contribution in [0.5, 0.6) is 0 Å². The molecule has 2 rings (SSSR count). The summed E-state index contributed by atoms with van der Waals surface area (Å²) in [6.45, 7) is 5.53. The molecule has 24 heavy (non-hydrogen) atoms. The molecule has 0 aliphatic carbocycles. The van der Waals surface area contributed by atoms with Crippen LogP contribution in [-0.2, 0) is 9.59 Å². The van der Waals surface area contributed by atoms with Crippen LogP contribution in [0.1, 0.15) is 37.3 Å². The molecule has 2 N–H and O–H groups in total. The summed E-state index contributed by atoms with van der Waals surface area (Å²) in [4.78, 5) is 26.0. The Morgan fingerprint density at radius 2 is 1.75 bits per heavy atom. The van der Waals surface area contributed by atoms with Gasteiger partial charge in [-0.3, -0.25) is 9.59 Å². The third kappa shape index (κ3) is 5.06. The first kappa shape index (κ1) is 17.9. The lowest BCUT2D eigenvalue weighted by atomic mass is 10.1. The molecule has 1 atom stereocenters. The second-order valence-corrected chi connectivity index (χ2v) is 6.80. The molecule has 1 aromatic heterocycles. The van der Waals surface area contributed by atoms with E-state index in [1.165, 1.54) is 0 Å². The normalized spacial score (nSPS) is 12.8. The number of thiophene rings is 1. The Balaban J connectivity index is 2.18. The molecule has 0 fully saturated rings. The average Bonchev–Trinajstić information content (AvgIpc) is 3.05. The van der Waals surface area contributed by atoms with E-state index in [1.807, 2.05) is 67.8 Å². The molecular weight excluding hydrogens is 320 g/mol. The van der Waals surface area contributed by atoms with E-state index >= 15 is 0 Å². The molecule has 1 aromatic carbocycles. The number of amides is 2. The van der Waals surface area contributed by atoms with Crippen molar-refractivity contribution >= 4 is 29.2 Å². The van der Waals surface area contributed by atoms with Crippen molar-refractivity contribution in [1.82, 2.24) is 10.6 Å². The van der Waals surface area contributed by atoms with Crippen molar-refractivity contribution < 1.29 is 9.59 Å². The SMILES string of the molecule is C/C(=C\c1cccs1)C(=O)N[C@H](C(=O)NC(C)C)c1ccccc1. The highest BCUT2D eigenvalue weighted by atomic mass is 32.1. The molecule has 0 bridgehead atoms. The summed E-state index contributed by atoms with van der Waals surface area (Å²) in [6, 6.07) is 12.4. The van der Waals surface area contributed by atoms with Crippen molar-refractivity contribution in [3.8, 4) is 0 Å². The van der Waals surface area contributed by atoms with Gasteiger partial charge in [0.2, 0.25) is 11.8 Å². The number of nitrogens with one attached hydrogen (secondary N) is 2. The minimum absolute atomic E-state index is 0.00312. The number of hydrogen-bond acceptors (Lipinski definition) is 3. The molecule has 0 aliphatic rings. The second kappa shape index (κ2) is 8.45. The van der Waals surface area contributed by atoms with Crippen LogP contribution in [0.3, 0.4) is 0 Å². The minimum Gasteiger partial charge on any atom is -0.352 e. The van der Waals surface area contributed by atoms with E-state index < -0.39 is 6.04 Å². The van der Waals surface area contributed by atoms with Crippen LogP contribution in [0, 0.1) is 0 Å². The number of carbonyl (C=O) groups is 2. The average molecular weight is 342 g/mol. The lowest BCUT2D eigenvalue weighted by molar-refractivity contribution is -0.128. The number of rotatable bonds is 6. The molecule has 0 saturated heterocycles. The maximum Gasteiger partial charge on any atom is 0.247 e. The molecule has 4 nitrogen and oxygen atoms in total. The summed E-state index contributed by atoms with van der Waals surface area (Å²) in [5.74, 6) is -0.468. The van der Waals surface area contributed by atoms with Crippen molar-refractivity contribution in [3.05, 3.63) is 63.9 Å². The van der Waals surface area contributed by atoms with Gasteiger partial charge in [-0.15, -0.1) is 11.3 Å². The van der Waals surface area contributed by atoms with E-state index in [0.29, 0.717) is 5.57 Å². The van der Waals surface area contributed by atoms with Crippen LogP contribution in [-0.4, -0.2) is 17.9 Å². The van der Waals surface area contributed by atoms with E-state index in [0.717, 1.165) is 10.4 Å². The summed E-state index contributed by atoms with van der Waals surface area (Å²) < 4.78 is 0. The Bertz CT molecular complexity index is 706. The summed E-state index contributed by atoms with van der Waals surface area (Å²) >= 11 is 1.56. The Morgan fingerprint density at radius 3 is 2.33 bits per heavy atom. The van der Waals surface area contributed by atoms with Crippen LogP contribution in [0.2, 0.25) is 0 Å². The standard InChI is InChI=1S/C19H22N2O2S/c1-13(2)20-19(23)17(15-8-5-4-6-9-15)21-18(22)14(3)12-16-10-7-11-24-16/h4-13,17H,1-3H3,(H,20,23)(H,21,22)/b14-12+/t17-/m0/s1. The van der Waals surface area contributed by atoms with Crippen LogP contribution in [0.15, 0.2) is 53.4 Å². The summed E-state index contributed by atoms with van der Waals surface area (Å²) in [7, 11) is 0.